The molecule has 1 aromatic heterocycles. The minimum absolute atomic E-state index is 0.0391. The van der Waals surface area contributed by atoms with E-state index < -0.39 is 0 Å². The molecule has 1 amide bonds. The summed E-state index contributed by atoms with van der Waals surface area (Å²) >= 11 is 0. The summed E-state index contributed by atoms with van der Waals surface area (Å²) < 4.78 is 11.4. The molecule has 0 spiro atoms. The lowest BCUT2D eigenvalue weighted by Gasteiger charge is -2.18. The van der Waals surface area contributed by atoms with Gasteiger partial charge in [-0.3, -0.25) is 4.79 Å². The SMILES string of the molecule is C#Cc1cc(Oc2cnc(N)nc2NC(=O)CCC)c(C(C)C)cc1OC. The van der Waals surface area contributed by atoms with E-state index in [-0.39, 0.29) is 29.3 Å². The van der Waals surface area contributed by atoms with Gasteiger partial charge in [-0.05, 0) is 18.4 Å². The zero-order valence-electron chi connectivity index (χ0n) is 16.0. The van der Waals surface area contributed by atoms with Gasteiger partial charge in [-0.15, -0.1) is 6.42 Å². The Morgan fingerprint density at radius 3 is 2.67 bits per heavy atom. The van der Waals surface area contributed by atoms with Crippen LogP contribution < -0.4 is 20.5 Å². The summed E-state index contributed by atoms with van der Waals surface area (Å²) in [5.41, 5.74) is 7.12. The van der Waals surface area contributed by atoms with Crippen LogP contribution >= 0.6 is 0 Å². The molecule has 1 heterocycles. The molecule has 3 N–H and O–H groups in total. The summed E-state index contributed by atoms with van der Waals surface area (Å²) in [7, 11) is 1.57. The van der Waals surface area contributed by atoms with Gasteiger partial charge in [0.2, 0.25) is 11.9 Å². The number of terminal acetylenes is 1. The quantitative estimate of drug-likeness (QED) is 0.723. The highest BCUT2D eigenvalue weighted by atomic mass is 16.5. The summed E-state index contributed by atoms with van der Waals surface area (Å²) in [6.07, 6.45) is 8.08. The van der Waals surface area contributed by atoms with Gasteiger partial charge < -0.3 is 20.5 Å². The smallest absolute Gasteiger partial charge is 0.225 e. The Bertz CT molecular complexity index is 872. The Morgan fingerprint density at radius 1 is 1.33 bits per heavy atom. The van der Waals surface area contributed by atoms with Crippen molar-refractivity contribution in [1.29, 1.82) is 0 Å². The number of nitrogens with one attached hydrogen (secondary N) is 1. The molecule has 0 aliphatic carbocycles. The lowest BCUT2D eigenvalue weighted by Crippen LogP contribution is -2.14. The van der Waals surface area contributed by atoms with Crippen LogP contribution in [0.4, 0.5) is 11.8 Å². The van der Waals surface area contributed by atoms with Crippen molar-refractivity contribution >= 4 is 17.7 Å². The van der Waals surface area contributed by atoms with Crippen LogP contribution in [0, 0.1) is 12.3 Å². The minimum Gasteiger partial charge on any atom is -0.495 e. The number of nitrogens with zero attached hydrogens (tertiary/aromatic N) is 2. The number of carbonyl (C=O) groups is 1. The van der Waals surface area contributed by atoms with E-state index in [0.717, 1.165) is 5.56 Å². The van der Waals surface area contributed by atoms with Gasteiger partial charge in [0.05, 0.1) is 18.9 Å². The minimum atomic E-state index is -0.177. The molecule has 2 rings (SSSR count). The standard InChI is InChI=1S/C20H24N4O3/c1-6-8-18(25)23-19-17(11-22-20(21)24-19)27-16-9-13(7-2)15(26-5)10-14(16)12(3)4/h2,9-12H,6,8H2,1,3-5H3,(H3,21,22,23,24,25). The average molecular weight is 368 g/mol. The fourth-order valence-electron chi connectivity index (χ4n) is 2.49. The molecule has 0 fully saturated rings. The zero-order valence-corrected chi connectivity index (χ0v) is 16.0. The van der Waals surface area contributed by atoms with Crippen LogP contribution in [0.1, 0.15) is 50.7 Å². The fourth-order valence-corrected chi connectivity index (χ4v) is 2.49. The average Bonchev–Trinajstić information content (AvgIpc) is 2.63. The highest BCUT2D eigenvalue weighted by molar-refractivity contribution is 5.91. The summed E-state index contributed by atoms with van der Waals surface area (Å²) in [4.78, 5) is 20.0. The van der Waals surface area contributed by atoms with Crippen molar-refractivity contribution in [3.05, 3.63) is 29.5 Å². The third kappa shape index (κ3) is 4.88. The van der Waals surface area contributed by atoms with E-state index in [2.05, 4.69) is 21.2 Å². The first-order valence-electron chi connectivity index (χ1n) is 8.68. The van der Waals surface area contributed by atoms with E-state index in [1.807, 2.05) is 26.8 Å². The van der Waals surface area contributed by atoms with Crippen LogP contribution in [0.3, 0.4) is 0 Å². The van der Waals surface area contributed by atoms with Crippen molar-refractivity contribution in [3.63, 3.8) is 0 Å². The van der Waals surface area contributed by atoms with Crippen LogP contribution in [0.25, 0.3) is 0 Å². The molecule has 1 aromatic carbocycles. The van der Waals surface area contributed by atoms with E-state index in [1.165, 1.54) is 6.20 Å². The summed E-state index contributed by atoms with van der Waals surface area (Å²) in [6, 6.07) is 3.57. The second-order valence-corrected chi connectivity index (χ2v) is 6.23. The lowest BCUT2D eigenvalue weighted by atomic mass is 9.99. The number of hydrogen-bond acceptors (Lipinski definition) is 6. The first-order chi connectivity index (χ1) is 12.9. The second kappa shape index (κ2) is 8.90. The molecule has 0 aliphatic heterocycles. The van der Waals surface area contributed by atoms with E-state index >= 15 is 0 Å². The van der Waals surface area contributed by atoms with Gasteiger partial charge in [-0.25, -0.2) is 4.98 Å². The summed E-state index contributed by atoms with van der Waals surface area (Å²) in [6.45, 7) is 5.97. The molecule has 0 unspecified atom stereocenters. The maximum absolute atomic E-state index is 12.0. The predicted octanol–water partition coefficient (Wildman–Crippen LogP) is 3.70. The van der Waals surface area contributed by atoms with Gasteiger partial charge in [0.1, 0.15) is 11.5 Å². The van der Waals surface area contributed by atoms with Crippen molar-refractivity contribution in [1.82, 2.24) is 9.97 Å². The molecule has 142 valence electrons. The van der Waals surface area contributed by atoms with Crippen LogP contribution in [-0.4, -0.2) is 23.0 Å². The topological polar surface area (TPSA) is 99.4 Å². The Kier molecular flexibility index (Phi) is 6.61. The van der Waals surface area contributed by atoms with Gasteiger partial charge >= 0.3 is 0 Å². The molecule has 0 saturated heterocycles. The zero-order chi connectivity index (χ0) is 20.0. The van der Waals surface area contributed by atoms with Crippen molar-refractivity contribution < 1.29 is 14.3 Å². The number of nitrogen functional groups attached to an aromatic ring is 1. The van der Waals surface area contributed by atoms with E-state index in [9.17, 15) is 4.79 Å². The number of rotatable bonds is 7. The van der Waals surface area contributed by atoms with E-state index in [0.29, 0.717) is 29.9 Å². The van der Waals surface area contributed by atoms with Crippen molar-refractivity contribution in [2.24, 2.45) is 0 Å². The van der Waals surface area contributed by atoms with Gasteiger partial charge in [0, 0.05) is 18.1 Å². The normalized spacial score (nSPS) is 10.4. The second-order valence-electron chi connectivity index (χ2n) is 6.23. The number of nitrogens with two attached hydrogens (primary N) is 1. The molecule has 7 nitrogen and oxygen atoms in total. The number of hydrogen-bond donors (Lipinski definition) is 2. The van der Waals surface area contributed by atoms with Crippen LogP contribution in [0.2, 0.25) is 0 Å². The molecule has 0 bridgehead atoms. The first-order valence-corrected chi connectivity index (χ1v) is 8.68. The van der Waals surface area contributed by atoms with Gasteiger partial charge in [0.15, 0.2) is 11.6 Å². The maximum atomic E-state index is 12.0. The van der Waals surface area contributed by atoms with Crippen molar-refractivity contribution in [2.75, 3.05) is 18.2 Å². The maximum Gasteiger partial charge on any atom is 0.225 e. The fraction of sp³-hybridized carbons (Fsp3) is 0.350. The van der Waals surface area contributed by atoms with Crippen molar-refractivity contribution in [2.45, 2.75) is 39.5 Å². The Balaban J connectivity index is 2.47. The highest BCUT2D eigenvalue weighted by Gasteiger charge is 2.17. The van der Waals surface area contributed by atoms with Gasteiger partial charge in [-0.1, -0.05) is 26.7 Å². The molecule has 0 radical (unpaired) electrons. The highest BCUT2D eigenvalue weighted by Crippen LogP contribution is 2.37. The number of ether oxygens (including phenoxy) is 2. The monoisotopic (exact) mass is 368 g/mol. The number of amides is 1. The predicted molar refractivity (Wildman–Crippen MR) is 105 cm³/mol. The van der Waals surface area contributed by atoms with E-state index in [1.54, 1.807) is 13.2 Å². The number of anilines is 2. The molecule has 0 aliphatic rings. The Hall–Kier alpha value is -3.27. The summed E-state index contributed by atoms with van der Waals surface area (Å²) in [5, 5.41) is 2.71. The van der Waals surface area contributed by atoms with Crippen LogP contribution in [0.15, 0.2) is 18.3 Å². The Morgan fingerprint density at radius 2 is 2.07 bits per heavy atom. The van der Waals surface area contributed by atoms with Gasteiger partial charge in [-0.2, -0.15) is 4.98 Å². The molecule has 0 atom stereocenters. The largest absolute Gasteiger partial charge is 0.495 e. The van der Waals surface area contributed by atoms with Crippen molar-refractivity contribution in [3.8, 4) is 29.6 Å². The third-order valence-electron chi connectivity index (χ3n) is 3.84. The third-order valence-corrected chi connectivity index (χ3v) is 3.84. The van der Waals surface area contributed by atoms with Crippen LogP contribution in [-0.2, 0) is 4.79 Å². The molecule has 7 heteroatoms. The van der Waals surface area contributed by atoms with E-state index in [4.69, 9.17) is 21.6 Å². The molecular weight excluding hydrogens is 344 g/mol. The first kappa shape index (κ1) is 20.0. The van der Waals surface area contributed by atoms with Gasteiger partial charge in [0.25, 0.3) is 0 Å². The number of benzene rings is 1. The number of methoxy groups -OCH3 is 1. The van der Waals surface area contributed by atoms with Crippen LogP contribution in [0.5, 0.6) is 17.2 Å². The molecular formula is C20H24N4O3. The number of carbonyl (C=O) groups excluding carboxylic acids is 1. The lowest BCUT2D eigenvalue weighted by molar-refractivity contribution is -0.116. The Labute approximate surface area is 159 Å². The summed E-state index contributed by atoms with van der Waals surface area (Å²) in [5.74, 6) is 4.23. The molecule has 0 saturated carbocycles. The molecule has 2 aromatic rings. The molecule has 27 heavy (non-hydrogen) atoms. The number of aromatic nitrogens is 2.